The van der Waals surface area contributed by atoms with Crippen LogP contribution in [0.1, 0.15) is 33.1 Å². The summed E-state index contributed by atoms with van der Waals surface area (Å²) in [5.41, 5.74) is 0.746. The van der Waals surface area contributed by atoms with Crippen LogP contribution in [0.25, 0.3) is 0 Å². The molecule has 0 heterocycles. The molecule has 1 aliphatic rings. The molecule has 0 spiro atoms. The lowest BCUT2D eigenvalue weighted by Gasteiger charge is -2.35. The van der Waals surface area contributed by atoms with Gasteiger partial charge in [-0.1, -0.05) is 26.7 Å². The highest BCUT2D eigenvalue weighted by Gasteiger charge is 2.27. The van der Waals surface area contributed by atoms with Crippen molar-refractivity contribution in [2.45, 2.75) is 45.8 Å². The van der Waals surface area contributed by atoms with E-state index in [4.69, 9.17) is 12.2 Å². The van der Waals surface area contributed by atoms with Crippen molar-refractivity contribution >= 4 is 23.0 Å². The van der Waals surface area contributed by atoms with E-state index in [1.54, 1.807) is 12.1 Å². The summed E-state index contributed by atoms with van der Waals surface area (Å²) in [4.78, 5) is 0. The number of ether oxygens (including phenoxy) is 1. The van der Waals surface area contributed by atoms with Gasteiger partial charge < -0.3 is 15.4 Å². The zero-order valence-electron chi connectivity index (χ0n) is 12.8. The van der Waals surface area contributed by atoms with Gasteiger partial charge in [0.2, 0.25) is 0 Å². The first kappa shape index (κ1) is 16.9. The van der Waals surface area contributed by atoms with Crippen molar-refractivity contribution in [1.82, 2.24) is 5.32 Å². The SMILES string of the molecule is C[C@H]1[C@H](C)CCC[C@H]1NC(=S)Nc1ccc(OC(F)F)cc1. The Kier molecular flexibility index (Phi) is 5.94. The molecule has 0 saturated heterocycles. The molecule has 0 bridgehead atoms. The summed E-state index contributed by atoms with van der Waals surface area (Å²) >= 11 is 5.34. The van der Waals surface area contributed by atoms with Crippen LogP contribution in [0.4, 0.5) is 14.5 Å². The molecule has 3 nitrogen and oxygen atoms in total. The summed E-state index contributed by atoms with van der Waals surface area (Å²) in [5.74, 6) is 1.41. The van der Waals surface area contributed by atoms with E-state index in [9.17, 15) is 8.78 Å². The van der Waals surface area contributed by atoms with Gasteiger partial charge in [-0.15, -0.1) is 0 Å². The minimum absolute atomic E-state index is 0.133. The first-order chi connectivity index (χ1) is 10.5. The number of nitrogens with one attached hydrogen (secondary N) is 2. The molecule has 2 rings (SSSR count). The normalized spacial score (nSPS) is 24.9. The molecule has 0 unspecified atom stereocenters. The highest BCUT2D eigenvalue weighted by molar-refractivity contribution is 7.80. The first-order valence-corrected chi connectivity index (χ1v) is 7.99. The minimum Gasteiger partial charge on any atom is -0.435 e. The Hall–Kier alpha value is -1.43. The summed E-state index contributed by atoms with van der Waals surface area (Å²) in [6.07, 6.45) is 3.60. The second kappa shape index (κ2) is 7.72. The van der Waals surface area contributed by atoms with Crippen LogP contribution in [0.15, 0.2) is 24.3 Å². The predicted octanol–water partition coefficient (Wildman–Crippen LogP) is 4.40. The lowest BCUT2D eigenvalue weighted by molar-refractivity contribution is -0.0498. The third-order valence-corrected chi connectivity index (χ3v) is 4.58. The highest BCUT2D eigenvalue weighted by Crippen LogP contribution is 2.29. The van der Waals surface area contributed by atoms with Crippen LogP contribution >= 0.6 is 12.2 Å². The van der Waals surface area contributed by atoms with E-state index >= 15 is 0 Å². The standard InChI is InChI=1S/C16H22F2N2OS/c1-10-4-3-5-14(11(10)2)20-16(22)19-12-6-8-13(9-7-12)21-15(17)18/h6-11,14-15H,3-5H2,1-2H3,(H2,19,20,22)/t10-,11+,14-/m1/s1. The van der Waals surface area contributed by atoms with E-state index in [2.05, 4.69) is 29.2 Å². The maximum Gasteiger partial charge on any atom is 0.387 e. The van der Waals surface area contributed by atoms with Crippen molar-refractivity contribution in [3.8, 4) is 5.75 Å². The second-order valence-corrected chi connectivity index (χ2v) is 6.28. The molecular formula is C16H22F2N2OS. The Bertz CT molecular complexity index is 495. The van der Waals surface area contributed by atoms with Crippen molar-refractivity contribution in [2.24, 2.45) is 11.8 Å². The summed E-state index contributed by atoms with van der Waals surface area (Å²) < 4.78 is 28.5. The fourth-order valence-electron chi connectivity index (χ4n) is 2.84. The van der Waals surface area contributed by atoms with E-state index in [-0.39, 0.29) is 5.75 Å². The maximum atomic E-state index is 12.1. The third-order valence-electron chi connectivity index (χ3n) is 4.36. The van der Waals surface area contributed by atoms with Gasteiger partial charge >= 0.3 is 6.61 Å². The van der Waals surface area contributed by atoms with E-state index in [1.165, 1.54) is 25.0 Å². The lowest BCUT2D eigenvalue weighted by Crippen LogP contribution is -2.45. The second-order valence-electron chi connectivity index (χ2n) is 5.88. The molecule has 1 saturated carbocycles. The van der Waals surface area contributed by atoms with Gasteiger partial charge in [-0.25, -0.2) is 0 Å². The molecule has 1 aliphatic carbocycles. The van der Waals surface area contributed by atoms with Gasteiger partial charge in [0.05, 0.1) is 0 Å². The average Bonchev–Trinajstić information content (AvgIpc) is 2.45. The Morgan fingerprint density at radius 3 is 2.55 bits per heavy atom. The first-order valence-electron chi connectivity index (χ1n) is 7.58. The van der Waals surface area contributed by atoms with Crippen LogP contribution in [0.3, 0.4) is 0 Å². The number of hydrogen-bond donors (Lipinski definition) is 2. The van der Waals surface area contributed by atoms with Crippen LogP contribution in [0.2, 0.25) is 0 Å². The molecule has 1 aromatic carbocycles. The fourth-order valence-corrected chi connectivity index (χ4v) is 3.11. The largest absolute Gasteiger partial charge is 0.435 e. The highest BCUT2D eigenvalue weighted by atomic mass is 32.1. The summed E-state index contributed by atoms with van der Waals surface area (Å²) in [6.45, 7) is 1.72. The molecule has 0 radical (unpaired) electrons. The van der Waals surface area contributed by atoms with E-state index < -0.39 is 6.61 Å². The number of halogens is 2. The van der Waals surface area contributed by atoms with Gasteiger partial charge in [-0.3, -0.25) is 0 Å². The molecule has 6 heteroatoms. The van der Waals surface area contributed by atoms with Crippen molar-refractivity contribution in [3.05, 3.63) is 24.3 Å². The topological polar surface area (TPSA) is 33.3 Å². The molecule has 22 heavy (non-hydrogen) atoms. The van der Waals surface area contributed by atoms with Gasteiger partial charge in [-0.2, -0.15) is 8.78 Å². The molecule has 1 aromatic rings. The number of benzene rings is 1. The maximum absolute atomic E-state index is 12.1. The smallest absolute Gasteiger partial charge is 0.387 e. The molecule has 3 atom stereocenters. The number of thiocarbonyl (C=S) groups is 1. The summed E-state index contributed by atoms with van der Waals surface area (Å²) in [7, 11) is 0. The number of alkyl halides is 2. The lowest BCUT2D eigenvalue weighted by atomic mass is 9.78. The number of anilines is 1. The van der Waals surface area contributed by atoms with Crippen molar-refractivity contribution < 1.29 is 13.5 Å². The Morgan fingerprint density at radius 2 is 1.91 bits per heavy atom. The Labute approximate surface area is 135 Å². The van der Waals surface area contributed by atoms with Crippen LogP contribution in [0.5, 0.6) is 5.75 Å². The third kappa shape index (κ3) is 4.80. The average molecular weight is 328 g/mol. The van der Waals surface area contributed by atoms with Gasteiger partial charge in [0.1, 0.15) is 5.75 Å². The number of rotatable bonds is 4. The minimum atomic E-state index is -2.81. The molecule has 0 amide bonds. The van der Waals surface area contributed by atoms with Crippen molar-refractivity contribution in [2.75, 3.05) is 5.32 Å². The van der Waals surface area contributed by atoms with Crippen molar-refractivity contribution in [3.63, 3.8) is 0 Å². The van der Waals surface area contributed by atoms with Gasteiger partial charge in [0.25, 0.3) is 0 Å². The van der Waals surface area contributed by atoms with Crippen LogP contribution in [0, 0.1) is 11.8 Å². The fraction of sp³-hybridized carbons (Fsp3) is 0.562. The molecular weight excluding hydrogens is 306 g/mol. The zero-order valence-corrected chi connectivity index (χ0v) is 13.6. The van der Waals surface area contributed by atoms with Crippen LogP contribution in [-0.2, 0) is 0 Å². The van der Waals surface area contributed by atoms with Crippen LogP contribution in [-0.4, -0.2) is 17.8 Å². The van der Waals surface area contributed by atoms with Gasteiger partial charge in [-0.05, 0) is 54.7 Å². The van der Waals surface area contributed by atoms with Gasteiger partial charge in [0.15, 0.2) is 5.11 Å². The molecule has 0 aliphatic heterocycles. The van der Waals surface area contributed by atoms with E-state index in [0.717, 1.165) is 12.1 Å². The monoisotopic (exact) mass is 328 g/mol. The molecule has 2 N–H and O–H groups in total. The van der Waals surface area contributed by atoms with Crippen LogP contribution < -0.4 is 15.4 Å². The summed E-state index contributed by atoms with van der Waals surface area (Å²) in [5, 5.41) is 7.01. The van der Waals surface area contributed by atoms with Gasteiger partial charge in [0, 0.05) is 11.7 Å². The summed E-state index contributed by atoms with van der Waals surface area (Å²) in [6, 6.07) is 6.69. The number of hydrogen-bond acceptors (Lipinski definition) is 2. The molecule has 122 valence electrons. The Morgan fingerprint density at radius 1 is 1.23 bits per heavy atom. The predicted molar refractivity (Wildman–Crippen MR) is 88.4 cm³/mol. The molecule has 1 fully saturated rings. The van der Waals surface area contributed by atoms with E-state index in [1.807, 2.05) is 0 Å². The quantitative estimate of drug-likeness (QED) is 0.803. The van der Waals surface area contributed by atoms with Crippen molar-refractivity contribution in [1.29, 1.82) is 0 Å². The Balaban J connectivity index is 1.86. The van der Waals surface area contributed by atoms with E-state index in [0.29, 0.717) is 23.0 Å². The molecule has 0 aromatic heterocycles. The zero-order chi connectivity index (χ0) is 16.1.